The number of rotatable bonds is 8. The maximum atomic E-state index is 6.23. The molecule has 1 N–H and O–H groups in total. The molecule has 0 bridgehead atoms. The molecular weight excluding hydrogens is 262 g/mol. The molecule has 0 amide bonds. The van der Waals surface area contributed by atoms with Crippen LogP contribution in [-0.4, -0.2) is 42.7 Å². The van der Waals surface area contributed by atoms with Crippen molar-refractivity contribution in [2.45, 2.75) is 33.4 Å². The summed E-state index contributed by atoms with van der Waals surface area (Å²) in [6.07, 6.45) is 0. The van der Waals surface area contributed by atoms with E-state index >= 15 is 0 Å². The first-order valence-corrected chi connectivity index (χ1v) is 7.08. The van der Waals surface area contributed by atoms with Gasteiger partial charge in [0.05, 0.1) is 17.3 Å². The summed E-state index contributed by atoms with van der Waals surface area (Å²) >= 11 is 6.23. The number of nitrogens with zero attached hydrogens (tertiary/aromatic N) is 2. The maximum absolute atomic E-state index is 6.23. The van der Waals surface area contributed by atoms with Gasteiger partial charge in [0.1, 0.15) is 5.82 Å². The molecule has 1 rings (SSSR count). The van der Waals surface area contributed by atoms with Gasteiger partial charge in [-0.2, -0.15) is 0 Å². The second-order valence-corrected chi connectivity index (χ2v) is 5.12. The summed E-state index contributed by atoms with van der Waals surface area (Å²) in [6.45, 7) is 9.55. The first-order chi connectivity index (χ1) is 9.08. The number of nitrogens with one attached hydrogen (secondary N) is 1. The molecule has 0 aliphatic carbocycles. The standard InChI is InChI=1S/C14H24ClN3O/c1-5-16-14-7-6-12(15)13(17-14)10-18(11(2)3)8-9-19-4/h6-7,11H,5,8-10H2,1-4H3,(H,16,17). The van der Waals surface area contributed by atoms with Crippen molar-refractivity contribution >= 4 is 17.4 Å². The molecule has 19 heavy (non-hydrogen) atoms. The molecule has 5 heteroatoms. The Labute approximate surface area is 121 Å². The average molecular weight is 286 g/mol. The first kappa shape index (κ1) is 16.2. The van der Waals surface area contributed by atoms with Gasteiger partial charge in [-0.3, -0.25) is 4.90 Å². The second-order valence-electron chi connectivity index (χ2n) is 4.71. The number of hydrogen-bond acceptors (Lipinski definition) is 4. The SMILES string of the molecule is CCNc1ccc(Cl)c(CN(CCOC)C(C)C)n1. The molecule has 0 aromatic carbocycles. The maximum Gasteiger partial charge on any atom is 0.126 e. The molecule has 0 spiro atoms. The Balaban J connectivity index is 2.79. The number of ether oxygens (including phenoxy) is 1. The highest BCUT2D eigenvalue weighted by Gasteiger charge is 2.13. The van der Waals surface area contributed by atoms with Crippen molar-refractivity contribution in [1.29, 1.82) is 0 Å². The van der Waals surface area contributed by atoms with Crippen LogP contribution in [0.1, 0.15) is 26.5 Å². The fourth-order valence-electron chi connectivity index (χ4n) is 1.80. The van der Waals surface area contributed by atoms with Gasteiger partial charge in [0.15, 0.2) is 0 Å². The minimum Gasteiger partial charge on any atom is -0.383 e. The Morgan fingerprint density at radius 3 is 2.74 bits per heavy atom. The third kappa shape index (κ3) is 5.35. The van der Waals surface area contributed by atoms with E-state index in [9.17, 15) is 0 Å². The van der Waals surface area contributed by atoms with E-state index in [2.05, 4.69) is 36.0 Å². The Hall–Kier alpha value is -0.840. The number of anilines is 1. The second kappa shape index (κ2) is 8.35. The monoisotopic (exact) mass is 285 g/mol. The molecular formula is C14H24ClN3O. The Morgan fingerprint density at radius 1 is 1.42 bits per heavy atom. The van der Waals surface area contributed by atoms with Crippen molar-refractivity contribution in [3.8, 4) is 0 Å². The van der Waals surface area contributed by atoms with Gasteiger partial charge in [-0.15, -0.1) is 0 Å². The third-order valence-electron chi connectivity index (χ3n) is 2.94. The van der Waals surface area contributed by atoms with Crippen molar-refractivity contribution in [3.63, 3.8) is 0 Å². The van der Waals surface area contributed by atoms with Gasteiger partial charge in [-0.05, 0) is 32.9 Å². The molecule has 0 radical (unpaired) electrons. The molecule has 0 saturated heterocycles. The van der Waals surface area contributed by atoms with E-state index in [1.54, 1.807) is 7.11 Å². The Bertz CT molecular complexity index is 385. The predicted octanol–water partition coefficient (Wildman–Crippen LogP) is 3.02. The summed E-state index contributed by atoms with van der Waals surface area (Å²) in [6, 6.07) is 4.23. The van der Waals surface area contributed by atoms with Gasteiger partial charge in [-0.25, -0.2) is 4.98 Å². The van der Waals surface area contributed by atoms with E-state index in [0.29, 0.717) is 17.7 Å². The molecule has 0 saturated carbocycles. The van der Waals surface area contributed by atoms with Gasteiger partial charge in [0, 0.05) is 32.8 Å². The summed E-state index contributed by atoms with van der Waals surface area (Å²) in [5.41, 5.74) is 0.907. The van der Waals surface area contributed by atoms with Crippen LogP contribution in [0.4, 0.5) is 5.82 Å². The largest absolute Gasteiger partial charge is 0.383 e. The highest BCUT2D eigenvalue weighted by atomic mass is 35.5. The van der Waals surface area contributed by atoms with Crippen LogP contribution in [-0.2, 0) is 11.3 Å². The molecule has 4 nitrogen and oxygen atoms in total. The van der Waals surface area contributed by atoms with Crippen LogP contribution in [0.5, 0.6) is 0 Å². The molecule has 1 aromatic rings. The van der Waals surface area contributed by atoms with Crippen LogP contribution < -0.4 is 5.32 Å². The van der Waals surface area contributed by atoms with Crippen LogP contribution in [0.25, 0.3) is 0 Å². The lowest BCUT2D eigenvalue weighted by molar-refractivity contribution is 0.124. The summed E-state index contributed by atoms with van der Waals surface area (Å²) in [7, 11) is 1.72. The van der Waals surface area contributed by atoms with E-state index in [4.69, 9.17) is 16.3 Å². The number of hydrogen-bond donors (Lipinski definition) is 1. The van der Waals surface area contributed by atoms with Crippen molar-refractivity contribution in [1.82, 2.24) is 9.88 Å². The lowest BCUT2D eigenvalue weighted by Gasteiger charge is -2.26. The van der Waals surface area contributed by atoms with Crippen LogP contribution >= 0.6 is 11.6 Å². The van der Waals surface area contributed by atoms with Gasteiger partial charge in [-0.1, -0.05) is 11.6 Å². The minimum atomic E-state index is 0.427. The Kier molecular flexibility index (Phi) is 7.13. The van der Waals surface area contributed by atoms with Crippen molar-refractivity contribution in [2.24, 2.45) is 0 Å². The van der Waals surface area contributed by atoms with Crippen LogP contribution in [0.2, 0.25) is 5.02 Å². The van der Waals surface area contributed by atoms with Crippen LogP contribution in [0, 0.1) is 0 Å². The number of aromatic nitrogens is 1. The predicted molar refractivity (Wildman–Crippen MR) is 80.8 cm³/mol. The lowest BCUT2D eigenvalue weighted by Crippen LogP contribution is -2.33. The average Bonchev–Trinajstić information content (AvgIpc) is 2.38. The molecule has 1 aromatic heterocycles. The third-order valence-corrected chi connectivity index (χ3v) is 3.29. The highest BCUT2D eigenvalue weighted by molar-refractivity contribution is 6.31. The van der Waals surface area contributed by atoms with Crippen LogP contribution in [0.3, 0.4) is 0 Å². The van der Waals surface area contributed by atoms with Crippen molar-refractivity contribution in [2.75, 3.05) is 32.1 Å². The van der Waals surface area contributed by atoms with Crippen molar-refractivity contribution < 1.29 is 4.74 Å². The molecule has 108 valence electrons. The number of halogens is 1. The van der Waals surface area contributed by atoms with E-state index in [1.165, 1.54) is 0 Å². The summed E-state index contributed by atoms with van der Waals surface area (Å²) in [5.74, 6) is 0.873. The quantitative estimate of drug-likeness (QED) is 0.797. The molecule has 1 heterocycles. The first-order valence-electron chi connectivity index (χ1n) is 6.70. The summed E-state index contributed by atoms with van der Waals surface area (Å²) < 4.78 is 5.15. The highest BCUT2D eigenvalue weighted by Crippen LogP contribution is 2.19. The number of methoxy groups -OCH3 is 1. The minimum absolute atomic E-state index is 0.427. The van der Waals surface area contributed by atoms with E-state index in [1.807, 2.05) is 12.1 Å². The summed E-state index contributed by atoms with van der Waals surface area (Å²) in [4.78, 5) is 6.87. The van der Waals surface area contributed by atoms with E-state index in [-0.39, 0.29) is 0 Å². The molecule has 0 atom stereocenters. The molecule has 0 aliphatic rings. The zero-order valence-electron chi connectivity index (χ0n) is 12.2. The number of pyridine rings is 1. The zero-order chi connectivity index (χ0) is 14.3. The van der Waals surface area contributed by atoms with Crippen LogP contribution in [0.15, 0.2) is 12.1 Å². The Morgan fingerprint density at radius 2 is 2.16 bits per heavy atom. The fraction of sp³-hybridized carbons (Fsp3) is 0.643. The molecule has 0 unspecified atom stereocenters. The van der Waals surface area contributed by atoms with E-state index in [0.717, 1.165) is 31.1 Å². The smallest absolute Gasteiger partial charge is 0.126 e. The van der Waals surface area contributed by atoms with E-state index < -0.39 is 0 Å². The molecule has 0 aliphatic heterocycles. The van der Waals surface area contributed by atoms with Gasteiger partial charge >= 0.3 is 0 Å². The molecule has 0 fully saturated rings. The zero-order valence-corrected chi connectivity index (χ0v) is 13.0. The summed E-state index contributed by atoms with van der Waals surface area (Å²) in [5, 5.41) is 3.92. The normalized spacial score (nSPS) is 11.3. The lowest BCUT2D eigenvalue weighted by atomic mass is 10.2. The van der Waals surface area contributed by atoms with Crippen molar-refractivity contribution in [3.05, 3.63) is 22.8 Å². The van der Waals surface area contributed by atoms with Gasteiger partial charge in [0.2, 0.25) is 0 Å². The fourth-order valence-corrected chi connectivity index (χ4v) is 1.96. The van der Waals surface area contributed by atoms with Gasteiger partial charge in [0.25, 0.3) is 0 Å². The van der Waals surface area contributed by atoms with Gasteiger partial charge < -0.3 is 10.1 Å². The topological polar surface area (TPSA) is 37.4 Å².